The van der Waals surface area contributed by atoms with Crippen molar-refractivity contribution in [3.63, 3.8) is 0 Å². The van der Waals surface area contributed by atoms with E-state index in [0.29, 0.717) is 11.9 Å². The van der Waals surface area contributed by atoms with Gasteiger partial charge in [-0.05, 0) is 26.0 Å². The highest BCUT2D eigenvalue weighted by atomic mass is 16.6. The number of pyridine rings is 1. The van der Waals surface area contributed by atoms with E-state index in [4.69, 9.17) is 5.73 Å². The highest BCUT2D eigenvalue weighted by Gasteiger charge is 2.16. The first-order chi connectivity index (χ1) is 8.88. The van der Waals surface area contributed by atoms with Crippen molar-refractivity contribution in [1.29, 1.82) is 0 Å². The topological polar surface area (TPSA) is 94.1 Å². The molecule has 1 aromatic heterocycles. The molecule has 0 saturated carbocycles. The lowest BCUT2D eigenvalue weighted by atomic mass is 10.1. The van der Waals surface area contributed by atoms with Crippen molar-refractivity contribution in [2.45, 2.75) is 19.4 Å². The second-order valence-corrected chi connectivity index (χ2v) is 5.15. The minimum absolute atomic E-state index is 0.0787. The van der Waals surface area contributed by atoms with E-state index < -0.39 is 0 Å². The third kappa shape index (κ3) is 2.97. The van der Waals surface area contributed by atoms with Gasteiger partial charge in [0, 0.05) is 41.6 Å². The SMILES string of the molecule is CC(C)(N)CNc1ccc([N+](=O)[O-])c2ccncc12. The molecule has 0 atom stereocenters. The van der Waals surface area contributed by atoms with E-state index in [0.717, 1.165) is 11.1 Å². The molecule has 0 amide bonds. The predicted octanol–water partition coefficient (Wildman–Crippen LogP) is 2.29. The first kappa shape index (κ1) is 13.2. The minimum atomic E-state index is -0.390. The summed E-state index contributed by atoms with van der Waals surface area (Å²) in [6, 6.07) is 4.83. The molecule has 0 fully saturated rings. The van der Waals surface area contributed by atoms with Gasteiger partial charge in [0.05, 0.1) is 10.3 Å². The van der Waals surface area contributed by atoms with E-state index >= 15 is 0 Å². The Labute approximate surface area is 110 Å². The summed E-state index contributed by atoms with van der Waals surface area (Å²) in [6.07, 6.45) is 3.17. The lowest BCUT2D eigenvalue weighted by Gasteiger charge is -2.20. The molecule has 100 valence electrons. The number of nitrogens with two attached hydrogens (primary N) is 1. The monoisotopic (exact) mass is 260 g/mol. The van der Waals surface area contributed by atoms with Crippen molar-refractivity contribution in [2.24, 2.45) is 5.73 Å². The molecule has 0 bridgehead atoms. The fourth-order valence-corrected chi connectivity index (χ4v) is 1.81. The van der Waals surface area contributed by atoms with Crippen molar-refractivity contribution < 1.29 is 4.92 Å². The Morgan fingerprint density at radius 2 is 2.11 bits per heavy atom. The summed E-state index contributed by atoms with van der Waals surface area (Å²) in [6.45, 7) is 4.38. The van der Waals surface area contributed by atoms with E-state index in [1.54, 1.807) is 24.5 Å². The van der Waals surface area contributed by atoms with Crippen LogP contribution in [-0.4, -0.2) is 22.0 Å². The quantitative estimate of drug-likeness (QED) is 0.649. The van der Waals surface area contributed by atoms with Crippen LogP contribution in [0.4, 0.5) is 11.4 Å². The maximum absolute atomic E-state index is 11.0. The molecule has 6 nitrogen and oxygen atoms in total. The van der Waals surface area contributed by atoms with Crippen LogP contribution in [0.1, 0.15) is 13.8 Å². The van der Waals surface area contributed by atoms with Crippen molar-refractivity contribution >= 4 is 22.1 Å². The molecule has 0 radical (unpaired) electrons. The number of aromatic nitrogens is 1. The first-order valence-electron chi connectivity index (χ1n) is 5.92. The molecule has 1 heterocycles. The fourth-order valence-electron chi connectivity index (χ4n) is 1.81. The molecular weight excluding hydrogens is 244 g/mol. The van der Waals surface area contributed by atoms with Gasteiger partial charge in [-0.2, -0.15) is 0 Å². The van der Waals surface area contributed by atoms with Crippen LogP contribution < -0.4 is 11.1 Å². The summed E-state index contributed by atoms with van der Waals surface area (Å²) >= 11 is 0. The Morgan fingerprint density at radius 1 is 1.37 bits per heavy atom. The normalized spacial score (nSPS) is 11.5. The van der Waals surface area contributed by atoms with Crippen molar-refractivity contribution in [1.82, 2.24) is 4.98 Å². The van der Waals surface area contributed by atoms with Gasteiger partial charge in [0.15, 0.2) is 0 Å². The van der Waals surface area contributed by atoms with Crippen LogP contribution in [0.15, 0.2) is 30.6 Å². The van der Waals surface area contributed by atoms with Crippen LogP contribution in [0.2, 0.25) is 0 Å². The minimum Gasteiger partial charge on any atom is -0.383 e. The number of nitro benzene ring substituents is 1. The Morgan fingerprint density at radius 3 is 2.74 bits per heavy atom. The van der Waals surface area contributed by atoms with Crippen LogP contribution in [-0.2, 0) is 0 Å². The van der Waals surface area contributed by atoms with Gasteiger partial charge in [0.1, 0.15) is 0 Å². The number of rotatable bonds is 4. The number of nitro groups is 1. The lowest BCUT2D eigenvalue weighted by molar-refractivity contribution is -0.383. The third-order valence-electron chi connectivity index (χ3n) is 2.73. The van der Waals surface area contributed by atoms with Gasteiger partial charge in [-0.25, -0.2) is 0 Å². The van der Waals surface area contributed by atoms with Crippen LogP contribution >= 0.6 is 0 Å². The maximum atomic E-state index is 11.0. The molecular formula is C13H16N4O2. The highest BCUT2D eigenvalue weighted by Crippen LogP contribution is 2.30. The van der Waals surface area contributed by atoms with Gasteiger partial charge >= 0.3 is 0 Å². The van der Waals surface area contributed by atoms with Gasteiger partial charge in [0.2, 0.25) is 0 Å². The Kier molecular flexibility index (Phi) is 3.35. The summed E-state index contributed by atoms with van der Waals surface area (Å²) in [5.41, 5.74) is 6.43. The van der Waals surface area contributed by atoms with Crippen molar-refractivity contribution in [3.8, 4) is 0 Å². The number of fused-ring (bicyclic) bond motifs is 1. The molecule has 0 aliphatic carbocycles. The Hall–Kier alpha value is -2.21. The van der Waals surface area contributed by atoms with E-state index in [1.807, 2.05) is 13.8 Å². The molecule has 19 heavy (non-hydrogen) atoms. The standard InChI is InChI=1S/C13H16N4O2/c1-13(2,14)8-16-11-3-4-12(17(18)19)9-5-6-15-7-10(9)11/h3-7,16H,8,14H2,1-2H3. The molecule has 6 heteroatoms. The number of non-ortho nitro benzene ring substituents is 1. The van der Waals surface area contributed by atoms with E-state index in [-0.39, 0.29) is 16.1 Å². The fraction of sp³-hybridized carbons (Fsp3) is 0.308. The largest absolute Gasteiger partial charge is 0.383 e. The molecule has 0 unspecified atom stereocenters. The number of hydrogen-bond acceptors (Lipinski definition) is 5. The number of anilines is 1. The van der Waals surface area contributed by atoms with Crippen LogP contribution in [0.25, 0.3) is 10.8 Å². The predicted molar refractivity (Wildman–Crippen MR) is 75.2 cm³/mol. The average molecular weight is 260 g/mol. The smallest absolute Gasteiger partial charge is 0.277 e. The van der Waals surface area contributed by atoms with E-state index in [1.165, 1.54) is 6.07 Å². The molecule has 0 aliphatic heterocycles. The number of nitrogens with zero attached hydrogens (tertiary/aromatic N) is 2. The Balaban J connectivity index is 2.47. The zero-order chi connectivity index (χ0) is 14.0. The zero-order valence-electron chi connectivity index (χ0n) is 10.9. The highest BCUT2D eigenvalue weighted by molar-refractivity contribution is 5.99. The number of hydrogen-bond donors (Lipinski definition) is 2. The van der Waals surface area contributed by atoms with Gasteiger partial charge in [-0.3, -0.25) is 15.1 Å². The van der Waals surface area contributed by atoms with Gasteiger partial charge in [-0.1, -0.05) is 0 Å². The van der Waals surface area contributed by atoms with Crippen molar-refractivity contribution in [2.75, 3.05) is 11.9 Å². The summed E-state index contributed by atoms with van der Waals surface area (Å²) in [4.78, 5) is 14.6. The van der Waals surface area contributed by atoms with E-state index in [9.17, 15) is 10.1 Å². The number of nitrogens with one attached hydrogen (secondary N) is 1. The molecule has 1 aromatic carbocycles. The number of benzene rings is 1. The van der Waals surface area contributed by atoms with Gasteiger partial charge in [0.25, 0.3) is 5.69 Å². The second-order valence-electron chi connectivity index (χ2n) is 5.15. The van der Waals surface area contributed by atoms with Crippen LogP contribution in [0.3, 0.4) is 0 Å². The maximum Gasteiger partial charge on any atom is 0.277 e. The molecule has 0 spiro atoms. The average Bonchev–Trinajstić information content (AvgIpc) is 2.34. The summed E-state index contributed by atoms with van der Waals surface area (Å²) in [5.74, 6) is 0. The van der Waals surface area contributed by atoms with Gasteiger partial charge < -0.3 is 11.1 Å². The summed E-state index contributed by atoms with van der Waals surface area (Å²) in [7, 11) is 0. The summed E-state index contributed by atoms with van der Waals surface area (Å²) in [5, 5.41) is 15.5. The van der Waals surface area contributed by atoms with Crippen LogP contribution in [0.5, 0.6) is 0 Å². The Bertz CT molecular complexity index is 620. The van der Waals surface area contributed by atoms with E-state index in [2.05, 4.69) is 10.3 Å². The first-order valence-corrected chi connectivity index (χ1v) is 5.92. The molecule has 2 rings (SSSR count). The van der Waals surface area contributed by atoms with Gasteiger partial charge in [-0.15, -0.1) is 0 Å². The second kappa shape index (κ2) is 4.81. The van der Waals surface area contributed by atoms with Crippen LogP contribution in [0, 0.1) is 10.1 Å². The summed E-state index contributed by atoms with van der Waals surface area (Å²) < 4.78 is 0. The molecule has 0 aliphatic rings. The third-order valence-corrected chi connectivity index (χ3v) is 2.73. The zero-order valence-corrected chi connectivity index (χ0v) is 10.9. The molecule has 3 N–H and O–H groups in total. The molecule has 2 aromatic rings. The van der Waals surface area contributed by atoms with Crippen molar-refractivity contribution in [3.05, 3.63) is 40.7 Å². The molecule has 0 saturated heterocycles. The lowest BCUT2D eigenvalue weighted by Crippen LogP contribution is -2.39.